The molecule has 0 unspecified atom stereocenters. The first-order valence-corrected chi connectivity index (χ1v) is 10.5. The van der Waals surface area contributed by atoms with Gasteiger partial charge in [-0.3, -0.25) is 4.79 Å². The lowest BCUT2D eigenvalue weighted by molar-refractivity contribution is -0.151. The summed E-state index contributed by atoms with van der Waals surface area (Å²) in [5.41, 5.74) is 1.32. The van der Waals surface area contributed by atoms with Crippen LogP contribution in [-0.4, -0.2) is 47.3 Å². The van der Waals surface area contributed by atoms with E-state index in [4.69, 9.17) is 0 Å². The van der Waals surface area contributed by atoms with Crippen molar-refractivity contribution in [2.24, 2.45) is 34.5 Å². The molecule has 0 aromatic carbocycles. The molecule has 8 atom stereocenters. The van der Waals surface area contributed by atoms with Crippen LogP contribution in [0.5, 0.6) is 0 Å². The second kappa shape index (κ2) is 6.07. The molecule has 4 nitrogen and oxygen atoms in total. The van der Waals surface area contributed by atoms with Gasteiger partial charge in [0.25, 0.3) is 0 Å². The smallest absolute Gasteiger partial charge is 0.225 e. The Balaban J connectivity index is 1.68. The summed E-state index contributed by atoms with van der Waals surface area (Å²) in [6, 6.07) is 0. The number of hydrogen-bond donors (Lipinski definition) is 2. The van der Waals surface area contributed by atoms with Gasteiger partial charge in [0.2, 0.25) is 5.91 Å². The normalized spacial score (nSPS) is 50.3. The number of allylic oxidation sites excluding steroid dienone is 1. The number of hydrogen-bond acceptors (Lipinski definition) is 3. The Morgan fingerprint density at radius 3 is 2.58 bits per heavy atom. The predicted molar refractivity (Wildman–Crippen MR) is 101 cm³/mol. The quantitative estimate of drug-likeness (QED) is 0.706. The zero-order chi connectivity index (χ0) is 18.9. The van der Waals surface area contributed by atoms with E-state index in [1.54, 1.807) is 4.90 Å². The van der Waals surface area contributed by atoms with Crippen LogP contribution in [0, 0.1) is 34.5 Å². The Kier molecular flexibility index (Phi) is 4.31. The van der Waals surface area contributed by atoms with E-state index in [1.807, 2.05) is 14.1 Å². The van der Waals surface area contributed by atoms with Gasteiger partial charge in [-0.25, -0.2) is 0 Å². The van der Waals surface area contributed by atoms with Gasteiger partial charge in [-0.05, 0) is 73.5 Å². The maximum Gasteiger partial charge on any atom is 0.225 e. The number of aliphatic hydroxyl groups is 2. The average Bonchev–Trinajstić information content (AvgIpc) is 2.90. The van der Waals surface area contributed by atoms with Crippen LogP contribution in [-0.2, 0) is 4.79 Å². The summed E-state index contributed by atoms with van der Waals surface area (Å²) in [7, 11) is 3.71. The molecule has 0 aromatic heterocycles. The maximum absolute atomic E-state index is 12.8. The number of rotatable bonds is 1. The van der Waals surface area contributed by atoms with Gasteiger partial charge in [0.15, 0.2) is 0 Å². The molecule has 0 spiro atoms. The molecule has 0 heterocycles. The molecule has 0 aromatic rings. The van der Waals surface area contributed by atoms with Crippen LogP contribution in [0.3, 0.4) is 0 Å². The van der Waals surface area contributed by atoms with Crippen molar-refractivity contribution in [1.29, 1.82) is 0 Å². The van der Waals surface area contributed by atoms with Gasteiger partial charge in [-0.15, -0.1) is 0 Å². The second-order valence-corrected chi connectivity index (χ2v) is 10.2. The van der Waals surface area contributed by atoms with Gasteiger partial charge >= 0.3 is 0 Å². The third-order valence-electron chi connectivity index (χ3n) is 8.76. The summed E-state index contributed by atoms with van der Waals surface area (Å²) in [5, 5.41) is 21.4. The minimum Gasteiger partial charge on any atom is -0.393 e. The van der Waals surface area contributed by atoms with Gasteiger partial charge in [-0.1, -0.05) is 25.5 Å². The summed E-state index contributed by atoms with van der Waals surface area (Å²) >= 11 is 0. The number of carbonyl (C=O) groups is 1. The highest BCUT2D eigenvalue weighted by Crippen LogP contribution is 2.66. The van der Waals surface area contributed by atoms with Crippen molar-refractivity contribution in [3.63, 3.8) is 0 Å². The van der Waals surface area contributed by atoms with E-state index in [-0.39, 0.29) is 40.8 Å². The monoisotopic (exact) mass is 361 g/mol. The van der Waals surface area contributed by atoms with Crippen LogP contribution in [0.15, 0.2) is 11.6 Å². The molecule has 3 saturated carbocycles. The van der Waals surface area contributed by atoms with Crippen molar-refractivity contribution in [2.45, 2.75) is 71.0 Å². The molecule has 0 bridgehead atoms. The van der Waals surface area contributed by atoms with E-state index in [0.29, 0.717) is 11.8 Å². The molecule has 4 aliphatic rings. The van der Waals surface area contributed by atoms with Crippen molar-refractivity contribution in [1.82, 2.24) is 4.90 Å². The molecule has 26 heavy (non-hydrogen) atoms. The first kappa shape index (κ1) is 18.5. The van der Waals surface area contributed by atoms with Crippen LogP contribution >= 0.6 is 0 Å². The molecule has 4 heteroatoms. The first-order chi connectivity index (χ1) is 12.2. The lowest BCUT2D eigenvalue weighted by Gasteiger charge is -2.60. The number of fused-ring (bicyclic) bond motifs is 5. The zero-order valence-corrected chi connectivity index (χ0v) is 16.7. The average molecular weight is 362 g/mol. The maximum atomic E-state index is 12.8. The van der Waals surface area contributed by atoms with Crippen LogP contribution in [0.4, 0.5) is 0 Å². The molecule has 4 rings (SSSR count). The molecule has 0 radical (unpaired) electrons. The zero-order valence-electron chi connectivity index (χ0n) is 16.7. The van der Waals surface area contributed by atoms with Gasteiger partial charge in [0, 0.05) is 20.0 Å². The number of amides is 1. The molecule has 4 aliphatic carbocycles. The lowest BCUT2D eigenvalue weighted by Crippen LogP contribution is -2.57. The Hall–Kier alpha value is -0.870. The Bertz CT molecular complexity index is 629. The van der Waals surface area contributed by atoms with E-state index < -0.39 is 0 Å². The third-order valence-corrected chi connectivity index (χ3v) is 8.76. The van der Waals surface area contributed by atoms with Crippen molar-refractivity contribution in [3.05, 3.63) is 11.6 Å². The number of aliphatic hydroxyl groups excluding tert-OH is 2. The molecular formula is C22H35NO3. The fraction of sp³-hybridized carbons (Fsp3) is 0.864. The largest absolute Gasteiger partial charge is 0.393 e. The standard InChI is InChI=1S/C22H35NO3/c1-21-10-9-14(24)11-13(21)5-6-15-16-7-8-17(20(26)23(3)4)22(16,2)12-18(25)19(15)21/h11,14-19,24-25H,5-10,12H2,1-4H3/t14-,15-,16-,17+,18-,19+,21-,22-/m0/s1. The van der Waals surface area contributed by atoms with E-state index >= 15 is 0 Å². The van der Waals surface area contributed by atoms with E-state index in [0.717, 1.165) is 44.9 Å². The van der Waals surface area contributed by atoms with E-state index in [9.17, 15) is 15.0 Å². The summed E-state index contributed by atoms with van der Waals surface area (Å²) in [6.45, 7) is 4.60. The van der Waals surface area contributed by atoms with Gasteiger partial charge in [0.1, 0.15) is 0 Å². The third kappa shape index (κ3) is 2.44. The molecule has 146 valence electrons. The molecule has 2 N–H and O–H groups in total. The summed E-state index contributed by atoms with van der Waals surface area (Å²) < 4.78 is 0. The van der Waals surface area contributed by atoms with Gasteiger partial charge in [-0.2, -0.15) is 0 Å². The number of carbonyl (C=O) groups excluding carboxylic acids is 1. The van der Waals surface area contributed by atoms with Gasteiger partial charge < -0.3 is 15.1 Å². The highest BCUT2D eigenvalue weighted by Gasteiger charge is 2.63. The molecule has 1 amide bonds. The van der Waals surface area contributed by atoms with Crippen LogP contribution < -0.4 is 0 Å². The Morgan fingerprint density at radius 2 is 1.88 bits per heavy atom. The molecular weight excluding hydrogens is 326 g/mol. The van der Waals surface area contributed by atoms with Crippen LogP contribution in [0.2, 0.25) is 0 Å². The predicted octanol–water partition coefficient (Wildman–Crippen LogP) is 2.99. The minimum atomic E-state index is -0.347. The van der Waals surface area contributed by atoms with E-state index in [2.05, 4.69) is 19.9 Å². The van der Waals surface area contributed by atoms with E-state index in [1.165, 1.54) is 5.57 Å². The molecule has 0 saturated heterocycles. The van der Waals surface area contributed by atoms with Crippen molar-refractivity contribution in [2.75, 3.05) is 14.1 Å². The Labute approximate surface area is 157 Å². The van der Waals surface area contributed by atoms with Crippen LogP contribution in [0.1, 0.15) is 58.8 Å². The summed E-state index contributed by atoms with van der Waals surface area (Å²) in [6.07, 6.45) is 8.16. The van der Waals surface area contributed by atoms with Gasteiger partial charge in [0.05, 0.1) is 12.2 Å². The highest BCUT2D eigenvalue weighted by molar-refractivity contribution is 5.79. The summed E-state index contributed by atoms with van der Waals surface area (Å²) in [5.74, 6) is 1.61. The number of nitrogens with zero attached hydrogens (tertiary/aromatic N) is 1. The fourth-order valence-electron chi connectivity index (χ4n) is 7.56. The molecule has 3 fully saturated rings. The minimum absolute atomic E-state index is 0.0204. The Morgan fingerprint density at radius 1 is 1.15 bits per heavy atom. The molecule has 0 aliphatic heterocycles. The fourth-order valence-corrected chi connectivity index (χ4v) is 7.56. The topological polar surface area (TPSA) is 60.8 Å². The highest BCUT2D eigenvalue weighted by atomic mass is 16.3. The second-order valence-electron chi connectivity index (χ2n) is 10.2. The first-order valence-electron chi connectivity index (χ1n) is 10.5. The SMILES string of the molecule is CN(C)C(=O)[C@H]1CC[C@H]2[C@@H]3CCC4=C[C@@H](O)CC[C@]4(C)[C@H]3[C@@H](O)C[C@]12C. The van der Waals surface area contributed by atoms with Crippen molar-refractivity contribution < 1.29 is 15.0 Å². The lowest BCUT2D eigenvalue weighted by atomic mass is 9.46. The van der Waals surface area contributed by atoms with Crippen molar-refractivity contribution >= 4 is 5.91 Å². The van der Waals surface area contributed by atoms with Crippen LogP contribution in [0.25, 0.3) is 0 Å². The van der Waals surface area contributed by atoms with Crippen molar-refractivity contribution in [3.8, 4) is 0 Å². The summed E-state index contributed by atoms with van der Waals surface area (Å²) in [4.78, 5) is 14.5.